The number of nitrogens with two attached hydrogens (primary N) is 1. The van der Waals surface area contributed by atoms with E-state index in [1.165, 1.54) is 16.1 Å². The summed E-state index contributed by atoms with van der Waals surface area (Å²) in [5.74, 6) is 0. The third kappa shape index (κ3) is 2.33. The summed E-state index contributed by atoms with van der Waals surface area (Å²) in [4.78, 5) is 8.25. The number of nitrogens with zero attached hydrogens (tertiary/aromatic N) is 2. The molecule has 0 amide bonds. The van der Waals surface area contributed by atoms with E-state index in [-0.39, 0.29) is 0 Å². The second kappa shape index (κ2) is 4.47. The highest BCUT2D eigenvalue weighted by atomic mass is 32.1. The van der Waals surface area contributed by atoms with Crippen LogP contribution in [0, 0.1) is 0 Å². The molecule has 2 aromatic rings. The van der Waals surface area contributed by atoms with Crippen LogP contribution in [0.1, 0.15) is 16.1 Å². The van der Waals surface area contributed by atoms with Crippen LogP contribution in [-0.4, -0.2) is 16.4 Å². The molecule has 3 rings (SSSR count). The van der Waals surface area contributed by atoms with Gasteiger partial charge in [-0.3, -0.25) is 4.90 Å². The lowest BCUT2D eigenvalue weighted by Gasteiger charge is -2.26. The van der Waals surface area contributed by atoms with Crippen molar-refractivity contribution in [1.82, 2.24) is 9.88 Å². The molecule has 1 aliphatic heterocycles. The molecule has 0 fully saturated rings. The van der Waals surface area contributed by atoms with Crippen LogP contribution in [0.3, 0.4) is 0 Å². The van der Waals surface area contributed by atoms with Crippen LogP contribution in [-0.2, 0) is 19.5 Å². The molecule has 88 valence electrons. The minimum atomic E-state index is 0.845. The van der Waals surface area contributed by atoms with Gasteiger partial charge in [0, 0.05) is 36.6 Å². The van der Waals surface area contributed by atoms with Gasteiger partial charge in [0.05, 0.1) is 11.2 Å². The predicted molar refractivity (Wildman–Crippen MR) is 70.8 cm³/mol. The molecule has 0 atom stereocenters. The van der Waals surface area contributed by atoms with Gasteiger partial charge in [-0.25, -0.2) is 4.98 Å². The van der Waals surface area contributed by atoms with Gasteiger partial charge in [0.15, 0.2) is 0 Å². The first-order valence-corrected chi connectivity index (χ1v) is 6.67. The number of benzene rings is 1. The average Bonchev–Trinajstić information content (AvgIpc) is 2.76. The Morgan fingerprint density at radius 2 is 2.35 bits per heavy atom. The van der Waals surface area contributed by atoms with Gasteiger partial charge in [-0.2, -0.15) is 0 Å². The maximum Gasteiger partial charge on any atom is 0.0798 e. The minimum Gasteiger partial charge on any atom is -0.399 e. The first kappa shape index (κ1) is 10.7. The highest BCUT2D eigenvalue weighted by molar-refractivity contribution is 7.09. The van der Waals surface area contributed by atoms with E-state index in [1.54, 1.807) is 11.3 Å². The van der Waals surface area contributed by atoms with Gasteiger partial charge >= 0.3 is 0 Å². The lowest BCUT2D eigenvalue weighted by atomic mass is 10.1. The van der Waals surface area contributed by atoms with Crippen molar-refractivity contribution in [3.8, 4) is 0 Å². The number of hydrogen-bond acceptors (Lipinski definition) is 4. The largest absolute Gasteiger partial charge is 0.399 e. The van der Waals surface area contributed by atoms with E-state index in [4.69, 9.17) is 5.73 Å². The number of fused-ring (bicyclic) bond motifs is 1. The summed E-state index contributed by atoms with van der Waals surface area (Å²) in [7, 11) is 0. The molecular formula is C13H15N3S. The molecule has 2 N–H and O–H groups in total. The third-order valence-electron chi connectivity index (χ3n) is 3.11. The van der Waals surface area contributed by atoms with Crippen molar-refractivity contribution in [2.75, 3.05) is 12.3 Å². The van der Waals surface area contributed by atoms with Crippen LogP contribution < -0.4 is 5.73 Å². The second-order valence-electron chi connectivity index (χ2n) is 4.43. The molecule has 0 unspecified atom stereocenters. The van der Waals surface area contributed by atoms with Crippen LogP contribution in [0.2, 0.25) is 0 Å². The lowest BCUT2D eigenvalue weighted by Crippen LogP contribution is -2.29. The van der Waals surface area contributed by atoms with Crippen LogP contribution in [0.25, 0.3) is 0 Å². The molecule has 1 aromatic carbocycles. The van der Waals surface area contributed by atoms with Crippen LogP contribution in [0.5, 0.6) is 0 Å². The van der Waals surface area contributed by atoms with E-state index in [1.807, 2.05) is 17.6 Å². The number of nitrogen functional groups attached to an aromatic ring is 1. The smallest absolute Gasteiger partial charge is 0.0798 e. The van der Waals surface area contributed by atoms with Gasteiger partial charge in [0.2, 0.25) is 0 Å². The molecule has 0 bridgehead atoms. The van der Waals surface area contributed by atoms with Crippen LogP contribution in [0.4, 0.5) is 5.69 Å². The summed E-state index contributed by atoms with van der Waals surface area (Å²) >= 11 is 1.77. The van der Waals surface area contributed by atoms with Gasteiger partial charge in [0.25, 0.3) is 0 Å². The summed E-state index contributed by atoms with van der Waals surface area (Å²) in [6.07, 6.45) is 1.07. The average molecular weight is 245 g/mol. The zero-order valence-electron chi connectivity index (χ0n) is 9.60. The minimum absolute atomic E-state index is 0.845. The summed E-state index contributed by atoms with van der Waals surface area (Å²) in [6.45, 7) is 3.09. The quantitative estimate of drug-likeness (QED) is 0.825. The number of hydrogen-bond donors (Lipinski definition) is 1. The topological polar surface area (TPSA) is 42.1 Å². The Morgan fingerprint density at radius 1 is 1.41 bits per heavy atom. The standard InChI is InChI=1S/C13H15N3S/c14-11-3-1-2-10(6-11)7-16-5-4-12-13(8-16)17-9-15-12/h1-3,6,9H,4-5,7-8,14H2. The Bertz CT molecular complexity index is 521. The first-order valence-electron chi connectivity index (χ1n) is 5.79. The molecule has 17 heavy (non-hydrogen) atoms. The van der Waals surface area contributed by atoms with Gasteiger partial charge in [0.1, 0.15) is 0 Å². The monoisotopic (exact) mass is 245 g/mol. The van der Waals surface area contributed by atoms with Crippen molar-refractivity contribution >= 4 is 17.0 Å². The van der Waals surface area contributed by atoms with Crippen molar-refractivity contribution in [1.29, 1.82) is 0 Å². The molecule has 0 saturated carbocycles. The number of thiazole rings is 1. The Morgan fingerprint density at radius 3 is 3.24 bits per heavy atom. The van der Waals surface area contributed by atoms with E-state index in [2.05, 4.69) is 22.0 Å². The van der Waals surface area contributed by atoms with Crippen molar-refractivity contribution in [2.24, 2.45) is 0 Å². The summed E-state index contributed by atoms with van der Waals surface area (Å²) < 4.78 is 0. The maximum atomic E-state index is 5.80. The van der Waals surface area contributed by atoms with Gasteiger partial charge in [-0.1, -0.05) is 12.1 Å². The molecule has 0 aliphatic carbocycles. The Kier molecular flexibility index (Phi) is 2.82. The Balaban J connectivity index is 1.72. The zero-order chi connectivity index (χ0) is 11.7. The summed E-state index contributed by atoms with van der Waals surface area (Å²) in [5, 5.41) is 0. The van der Waals surface area contributed by atoms with Crippen LogP contribution in [0.15, 0.2) is 29.8 Å². The molecule has 3 nitrogen and oxygen atoms in total. The van der Waals surface area contributed by atoms with Gasteiger partial charge in [-0.15, -0.1) is 11.3 Å². The van der Waals surface area contributed by atoms with Crippen molar-refractivity contribution in [3.05, 3.63) is 45.9 Å². The van der Waals surface area contributed by atoms with Crippen molar-refractivity contribution in [3.63, 3.8) is 0 Å². The van der Waals surface area contributed by atoms with Crippen LogP contribution >= 0.6 is 11.3 Å². The SMILES string of the molecule is Nc1cccc(CN2CCc3ncsc3C2)c1. The first-order chi connectivity index (χ1) is 8.31. The van der Waals surface area contributed by atoms with E-state index in [0.717, 1.165) is 31.7 Å². The fourth-order valence-corrected chi connectivity index (χ4v) is 3.11. The number of anilines is 1. The third-order valence-corrected chi connectivity index (χ3v) is 3.97. The van der Waals surface area contributed by atoms with E-state index in [9.17, 15) is 0 Å². The number of rotatable bonds is 2. The molecule has 2 heterocycles. The Labute approximate surface area is 105 Å². The molecule has 1 aromatic heterocycles. The highest BCUT2D eigenvalue weighted by Crippen LogP contribution is 2.23. The number of aromatic nitrogens is 1. The highest BCUT2D eigenvalue weighted by Gasteiger charge is 2.18. The molecule has 0 saturated heterocycles. The Hall–Kier alpha value is -1.39. The van der Waals surface area contributed by atoms with Crippen molar-refractivity contribution < 1.29 is 0 Å². The fourth-order valence-electron chi connectivity index (χ4n) is 2.26. The van der Waals surface area contributed by atoms with Gasteiger partial charge in [-0.05, 0) is 17.7 Å². The van der Waals surface area contributed by atoms with Gasteiger partial charge < -0.3 is 5.73 Å². The lowest BCUT2D eigenvalue weighted by molar-refractivity contribution is 0.247. The molecular weight excluding hydrogens is 230 g/mol. The van der Waals surface area contributed by atoms with E-state index < -0.39 is 0 Å². The predicted octanol–water partition coefficient (Wildman–Crippen LogP) is 2.28. The summed E-state index contributed by atoms with van der Waals surface area (Å²) in [6, 6.07) is 8.15. The zero-order valence-corrected chi connectivity index (χ0v) is 10.4. The fraction of sp³-hybridized carbons (Fsp3) is 0.308. The second-order valence-corrected chi connectivity index (χ2v) is 5.37. The molecule has 1 aliphatic rings. The normalized spacial score (nSPS) is 15.8. The molecule has 0 radical (unpaired) electrons. The summed E-state index contributed by atoms with van der Waals surface area (Å²) in [5.41, 5.74) is 11.2. The van der Waals surface area contributed by atoms with E-state index >= 15 is 0 Å². The molecule has 4 heteroatoms. The maximum absolute atomic E-state index is 5.80. The molecule has 0 spiro atoms. The van der Waals surface area contributed by atoms with E-state index in [0.29, 0.717) is 0 Å². The van der Waals surface area contributed by atoms with Crippen molar-refractivity contribution in [2.45, 2.75) is 19.5 Å².